The van der Waals surface area contributed by atoms with E-state index >= 15 is 0 Å². The van der Waals surface area contributed by atoms with E-state index in [-0.39, 0.29) is 12.5 Å². The van der Waals surface area contributed by atoms with E-state index in [9.17, 15) is 15.0 Å². The molecule has 182 valence electrons. The third-order valence-electron chi connectivity index (χ3n) is 8.17. The summed E-state index contributed by atoms with van der Waals surface area (Å²) in [6.45, 7) is 7.59. The number of nitrogens with zero attached hydrogens (tertiary/aromatic N) is 1. The smallest absolute Gasteiger partial charge is 0.335 e. The number of hydrogen-bond donors (Lipinski definition) is 2. The third-order valence-corrected chi connectivity index (χ3v) is 8.17. The number of aromatic carboxylic acids is 1. The summed E-state index contributed by atoms with van der Waals surface area (Å²) in [5, 5.41) is 20.6. The number of rotatable bonds is 9. The lowest BCUT2D eigenvalue weighted by Crippen LogP contribution is -2.23. The Morgan fingerprint density at radius 2 is 1.85 bits per heavy atom. The van der Waals surface area contributed by atoms with Crippen LogP contribution in [0, 0.1) is 18.8 Å². The number of aromatic nitrogens is 1. The molecule has 1 aromatic heterocycles. The van der Waals surface area contributed by atoms with Crippen molar-refractivity contribution in [1.82, 2.24) is 4.57 Å². The number of carboxylic acids is 1. The molecule has 4 nitrogen and oxygen atoms in total. The van der Waals surface area contributed by atoms with Crippen molar-refractivity contribution < 1.29 is 15.0 Å². The van der Waals surface area contributed by atoms with Crippen LogP contribution in [0.3, 0.4) is 0 Å². The lowest BCUT2D eigenvalue weighted by molar-refractivity contribution is 0.0696. The molecule has 3 aromatic rings. The number of benzene rings is 2. The fourth-order valence-electron chi connectivity index (χ4n) is 6.21. The average Bonchev–Trinajstić information content (AvgIpc) is 3.27. The quantitative estimate of drug-likeness (QED) is 0.356. The van der Waals surface area contributed by atoms with Gasteiger partial charge in [-0.2, -0.15) is 0 Å². The Morgan fingerprint density at radius 3 is 2.50 bits per heavy atom. The maximum absolute atomic E-state index is 11.6. The highest BCUT2D eigenvalue weighted by Crippen LogP contribution is 2.47. The molecule has 3 atom stereocenters. The number of hydrogen-bond acceptors (Lipinski definition) is 2. The highest BCUT2D eigenvalue weighted by molar-refractivity contribution is 5.88. The van der Waals surface area contributed by atoms with Crippen LogP contribution >= 0.6 is 0 Å². The first-order valence-electron chi connectivity index (χ1n) is 13.0. The Balaban J connectivity index is 1.80. The van der Waals surface area contributed by atoms with Crippen LogP contribution in [0.15, 0.2) is 48.7 Å². The van der Waals surface area contributed by atoms with Crippen molar-refractivity contribution in [3.05, 3.63) is 70.9 Å². The van der Waals surface area contributed by atoms with Crippen LogP contribution in [0.25, 0.3) is 10.9 Å². The first-order valence-corrected chi connectivity index (χ1v) is 13.0. The second kappa shape index (κ2) is 10.8. The molecule has 1 heterocycles. The SMILES string of the molecule is CCC(CO)Cn1ccc2cccc(C(C)C(c3ccc(C(=O)O)cc3C)C3CCCCC3)c21. The van der Waals surface area contributed by atoms with Gasteiger partial charge < -0.3 is 14.8 Å². The van der Waals surface area contributed by atoms with E-state index in [0.29, 0.717) is 23.3 Å². The molecule has 34 heavy (non-hydrogen) atoms. The maximum atomic E-state index is 11.6. The zero-order valence-corrected chi connectivity index (χ0v) is 20.8. The molecule has 4 rings (SSSR count). The highest BCUT2D eigenvalue weighted by Gasteiger charge is 2.33. The van der Waals surface area contributed by atoms with E-state index in [1.54, 1.807) is 6.07 Å². The number of fused-ring (bicyclic) bond motifs is 1. The van der Waals surface area contributed by atoms with E-state index in [0.717, 1.165) is 18.5 Å². The monoisotopic (exact) mass is 461 g/mol. The molecule has 1 fully saturated rings. The fraction of sp³-hybridized carbons (Fsp3) is 0.500. The molecular formula is C30H39NO3. The van der Waals surface area contributed by atoms with Crippen LogP contribution in [-0.4, -0.2) is 27.4 Å². The Kier molecular flexibility index (Phi) is 7.77. The van der Waals surface area contributed by atoms with E-state index in [4.69, 9.17) is 0 Å². The van der Waals surface area contributed by atoms with E-state index < -0.39 is 5.97 Å². The summed E-state index contributed by atoms with van der Waals surface area (Å²) in [6, 6.07) is 14.5. The Hall–Kier alpha value is -2.59. The van der Waals surface area contributed by atoms with E-state index in [1.807, 2.05) is 6.07 Å². The average molecular weight is 462 g/mol. The molecule has 1 aliphatic carbocycles. The number of carbonyl (C=O) groups is 1. The number of aliphatic hydroxyl groups is 1. The lowest BCUT2D eigenvalue weighted by Gasteiger charge is -2.36. The minimum absolute atomic E-state index is 0.202. The molecule has 1 aliphatic rings. The van der Waals surface area contributed by atoms with E-state index in [1.165, 1.54) is 54.1 Å². The summed E-state index contributed by atoms with van der Waals surface area (Å²) in [5.41, 5.74) is 5.37. The summed E-state index contributed by atoms with van der Waals surface area (Å²) in [6.07, 6.45) is 9.44. The van der Waals surface area contributed by atoms with Gasteiger partial charge in [-0.15, -0.1) is 0 Å². The Bertz CT molecular complexity index is 1120. The highest BCUT2D eigenvalue weighted by atomic mass is 16.4. The normalized spacial score (nSPS) is 17.5. The first kappa shape index (κ1) is 24.5. The zero-order valence-electron chi connectivity index (χ0n) is 20.8. The zero-order chi connectivity index (χ0) is 24.2. The van der Waals surface area contributed by atoms with Gasteiger partial charge in [0.1, 0.15) is 0 Å². The van der Waals surface area contributed by atoms with Crippen molar-refractivity contribution in [2.75, 3.05) is 6.61 Å². The van der Waals surface area contributed by atoms with E-state index in [2.05, 4.69) is 61.9 Å². The van der Waals surface area contributed by atoms with Crippen LogP contribution in [0.5, 0.6) is 0 Å². The first-order chi connectivity index (χ1) is 16.4. The van der Waals surface area contributed by atoms with Gasteiger partial charge in [-0.1, -0.05) is 57.4 Å². The van der Waals surface area contributed by atoms with Crippen LogP contribution in [0.1, 0.15) is 91.3 Å². The van der Waals surface area contributed by atoms with Crippen molar-refractivity contribution in [3.63, 3.8) is 0 Å². The molecular weight excluding hydrogens is 422 g/mol. The van der Waals surface area contributed by atoms with Crippen molar-refractivity contribution in [3.8, 4) is 0 Å². The summed E-state index contributed by atoms with van der Waals surface area (Å²) < 4.78 is 2.34. The number of para-hydroxylation sites is 1. The number of aliphatic hydroxyl groups excluding tert-OH is 1. The van der Waals surface area contributed by atoms with Crippen molar-refractivity contribution in [1.29, 1.82) is 0 Å². The molecule has 0 radical (unpaired) electrons. The number of aryl methyl sites for hydroxylation is 1. The second-order valence-electron chi connectivity index (χ2n) is 10.3. The fourth-order valence-corrected chi connectivity index (χ4v) is 6.21. The summed E-state index contributed by atoms with van der Waals surface area (Å²) in [5.74, 6) is 0.617. The van der Waals surface area contributed by atoms with Crippen molar-refractivity contribution in [2.45, 2.75) is 77.7 Å². The van der Waals surface area contributed by atoms with Crippen molar-refractivity contribution >= 4 is 16.9 Å². The van der Waals surface area contributed by atoms with Gasteiger partial charge in [-0.25, -0.2) is 4.79 Å². The predicted octanol–water partition coefficient (Wildman–Crippen LogP) is 7.13. The molecule has 0 amide bonds. The minimum atomic E-state index is -0.867. The minimum Gasteiger partial charge on any atom is -0.478 e. The summed E-state index contributed by atoms with van der Waals surface area (Å²) in [7, 11) is 0. The van der Waals surface area contributed by atoms with Crippen molar-refractivity contribution in [2.24, 2.45) is 11.8 Å². The molecule has 0 saturated heterocycles. The van der Waals surface area contributed by atoms with Crippen LogP contribution < -0.4 is 0 Å². The van der Waals surface area contributed by atoms with Crippen LogP contribution in [0.2, 0.25) is 0 Å². The second-order valence-corrected chi connectivity index (χ2v) is 10.3. The predicted molar refractivity (Wildman–Crippen MR) is 139 cm³/mol. The standard InChI is InChI=1S/C30H39NO3/c1-4-22(19-32)18-31-16-15-24-11-8-12-27(29(24)31)21(3)28(23-9-6-5-7-10-23)26-14-13-25(30(33)34)17-20(26)2/h8,11-17,21-23,28,32H,4-7,9-10,18-19H2,1-3H3,(H,33,34). The van der Waals surface area contributed by atoms with Gasteiger partial charge >= 0.3 is 5.97 Å². The molecule has 4 heteroatoms. The van der Waals surface area contributed by atoms with Gasteiger partial charge in [-0.3, -0.25) is 0 Å². The third kappa shape index (κ3) is 4.93. The maximum Gasteiger partial charge on any atom is 0.335 e. The Morgan fingerprint density at radius 1 is 1.09 bits per heavy atom. The molecule has 2 N–H and O–H groups in total. The van der Waals surface area contributed by atoms with Gasteiger partial charge in [0.2, 0.25) is 0 Å². The van der Waals surface area contributed by atoms with Gasteiger partial charge in [0.25, 0.3) is 0 Å². The molecule has 2 aromatic carbocycles. The molecule has 3 unspecified atom stereocenters. The lowest BCUT2D eigenvalue weighted by atomic mass is 9.68. The largest absolute Gasteiger partial charge is 0.478 e. The van der Waals surface area contributed by atoms with Gasteiger partial charge in [-0.05, 0) is 90.1 Å². The van der Waals surface area contributed by atoms with Crippen LogP contribution in [0.4, 0.5) is 0 Å². The topological polar surface area (TPSA) is 62.5 Å². The van der Waals surface area contributed by atoms with Crippen LogP contribution in [-0.2, 0) is 6.54 Å². The van der Waals surface area contributed by atoms with Gasteiger partial charge in [0, 0.05) is 19.3 Å². The summed E-state index contributed by atoms with van der Waals surface area (Å²) >= 11 is 0. The Labute approximate surface area is 203 Å². The van der Waals surface area contributed by atoms with Gasteiger partial charge in [0.05, 0.1) is 11.1 Å². The molecule has 0 spiro atoms. The van der Waals surface area contributed by atoms with Gasteiger partial charge in [0.15, 0.2) is 0 Å². The number of carboxylic acid groups (broad SMARTS) is 1. The molecule has 1 saturated carbocycles. The molecule has 0 bridgehead atoms. The molecule has 0 aliphatic heterocycles. The summed E-state index contributed by atoms with van der Waals surface area (Å²) in [4.78, 5) is 11.6.